The van der Waals surface area contributed by atoms with Crippen LogP contribution in [0.4, 0.5) is 0 Å². The summed E-state index contributed by atoms with van der Waals surface area (Å²) in [6.45, 7) is 6.38. The molecule has 2 aromatic rings. The summed E-state index contributed by atoms with van der Waals surface area (Å²) in [7, 11) is 0. The predicted octanol–water partition coefficient (Wildman–Crippen LogP) is 3.78. The van der Waals surface area contributed by atoms with Crippen molar-refractivity contribution in [1.29, 1.82) is 5.26 Å². The number of hydrogen-bond acceptors (Lipinski definition) is 3. The number of amides is 1. The number of nitrogens with one attached hydrogen (secondary N) is 1. The van der Waals surface area contributed by atoms with Gasteiger partial charge in [0.2, 0.25) is 0 Å². The highest BCUT2D eigenvalue weighted by Gasteiger charge is 2.07. The predicted molar refractivity (Wildman–Crippen MR) is 98.7 cm³/mol. The minimum atomic E-state index is -0.415. The fourth-order valence-corrected chi connectivity index (χ4v) is 2.09. The molecule has 0 aliphatic heterocycles. The number of carbonyl (C=O) groups is 1. The maximum absolute atomic E-state index is 11.8. The van der Waals surface area contributed by atoms with Gasteiger partial charge >= 0.3 is 0 Å². The van der Waals surface area contributed by atoms with E-state index in [1.54, 1.807) is 12.2 Å². The number of carbonyl (C=O) groups excluding carboxylic acids is 1. The minimum absolute atomic E-state index is 0.0511. The zero-order valence-corrected chi connectivity index (χ0v) is 14.2. The molecule has 0 bridgehead atoms. The SMILES string of the molecule is C=CCNC(=O)/C(C#N)=C\c1ccc(OCc2ccc(C)cc2)cc1. The van der Waals surface area contributed by atoms with Gasteiger partial charge in [-0.05, 0) is 36.3 Å². The average molecular weight is 332 g/mol. The number of benzene rings is 2. The molecule has 0 aliphatic rings. The van der Waals surface area contributed by atoms with Gasteiger partial charge in [-0.1, -0.05) is 48.0 Å². The lowest BCUT2D eigenvalue weighted by atomic mass is 10.1. The van der Waals surface area contributed by atoms with Crippen molar-refractivity contribution in [2.75, 3.05) is 6.54 Å². The third-order valence-corrected chi connectivity index (χ3v) is 3.49. The Balaban J connectivity index is 1.99. The van der Waals surface area contributed by atoms with E-state index in [-0.39, 0.29) is 5.57 Å². The summed E-state index contributed by atoms with van der Waals surface area (Å²) in [6.07, 6.45) is 3.11. The molecule has 0 fully saturated rings. The van der Waals surface area contributed by atoms with Crippen LogP contribution in [0, 0.1) is 18.3 Å². The van der Waals surface area contributed by atoms with Crippen LogP contribution in [0.5, 0.6) is 5.75 Å². The number of nitriles is 1. The molecule has 126 valence electrons. The van der Waals surface area contributed by atoms with Crippen molar-refractivity contribution in [3.8, 4) is 11.8 Å². The Morgan fingerprint density at radius 2 is 1.88 bits per heavy atom. The van der Waals surface area contributed by atoms with E-state index < -0.39 is 5.91 Å². The standard InChI is InChI=1S/C21H20N2O2/c1-3-12-23-21(24)19(14-22)13-17-8-10-20(11-9-17)25-15-18-6-4-16(2)5-7-18/h3-11,13H,1,12,15H2,2H3,(H,23,24)/b19-13-. The summed E-state index contributed by atoms with van der Waals surface area (Å²) >= 11 is 0. The lowest BCUT2D eigenvalue weighted by Crippen LogP contribution is -2.24. The Morgan fingerprint density at radius 3 is 2.48 bits per heavy atom. The van der Waals surface area contributed by atoms with E-state index in [0.717, 1.165) is 16.9 Å². The molecule has 0 saturated carbocycles. The topological polar surface area (TPSA) is 62.1 Å². The van der Waals surface area contributed by atoms with Gasteiger partial charge in [0.1, 0.15) is 24.0 Å². The van der Waals surface area contributed by atoms with Crippen molar-refractivity contribution in [2.24, 2.45) is 0 Å². The first-order valence-electron chi connectivity index (χ1n) is 7.91. The normalized spacial score (nSPS) is 10.6. The maximum Gasteiger partial charge on any atom is 0.262 e. The zero-order valence-electron chi connectivity index (χ0n) is 14.2. The van der Waals surface area contributed by atoms with Crippen molar-refractivity contribution in [3.05, 3.63) is 83.4 Å². The third-order valence-electron chi connectivity index (χ3n) is 3.49. The Kier molecular flexibility index (Phi) is 6.56. The van der Waals surface area contributed by atoms with Gasteiger partial charge in [-0.3, -0.25) is 4.79 Å². The largest absolute Gasteiger partial charge is 0.489 e. The summed E-state index contributed by atoms with van der Waals surface area (Å²) in [4.78, 5) is 11.8. The van der Waals surface area contributed by atoms with Gasteiger partial charge in [0.05, 0.1) is 0 Å². The first kappa shape index (κ1) is 18.0. The molecule has 0 atom stereocenters. The molecule has 25 heavy (non-hydrogen) atoms. The zero-order chi connectivity index (χ0) is 18.1. The van der Waals surface area contributed by atoms with E-state index in [1.807, 2.05) is 61.5 Å². The highest BCUT2D eigenvalue weighted by Crippen LogP contribution is 2.16. The van der Waals surface area contributed by atoms with Gasteiger partial charge in [-0.2, -0.15) is 5.26 Å². The lowest BCUT2D eigenvalue weighted by Gasteiger charge is -2.07. The molecule has 0 radical (unpaired) electrons. The number of nitrogens with zero attached hydrogens (tertiary/aromatic N) is 1. The van der Waals surface area contributed by atoms with E-state index in [9.17, 15) is 4.79 Å². The molecule has 1 N–H and O–H groups in total. The number of ether oxygens (including phenoxy) is 1. The van der Waals surface area contributed by atoms with Crippen molar-refractivity contribution < 1.29 is 9.53 Å². The van der Waals surface area contributed by atoms with Gasteiger partial charge in [0.15, 0.2) is 0 Å². The molecule has 0 unspecified atom stereocenters. The van der Waals surface area contributed by atoms with Crippen LogP contribution in [0.1, 0.15) is 16.7 Å². The van der Waals surface area contributed by atoms with E-state index in [4.69, 9.17) is 10.00 Å². The molecule has 0 aliphatic carbocycles. The van der Waals surface area contributed by atoms with Crippen LogP contribution >= 0.6 is 0 Å². The van der Waals surface area contributed by atoms with Crippen LogP contribution in [0.3, 0.4) is 0 Å². The summed E-state index contributed by atoms with van der Waals surface area (Å²) in [5, 5.41) is 11.7. The van der Waals surface area contributed by atoms with Crippen LogP contribution in [-0.2, 0) is 11.4 Å². The Hall–Kier alpha value is -3.32. The fourth-order valence-electron chi connectivity index (χ4n) is 2.09. The molecule has 0 heterocycles. The van der Waals surface area contributed by atoms with Gasteiger partial charge in [0, 0.05) is 6.54 Å². The Morgan fingerprint density at radius 1 is 1.20 bits per heavy atom. The van der Waals surface area contributed by atoms with Gasteiger partial charge in [0.25, 0.3) is 5.91 Å². The van der Waals surface area contributed by atoms with E-state index >= 15 is 0 Å². The second-order valence-corrected chi connectivity index (χ2v) is 5.51. The molecule has 4 heteroatoms. The molecule has 0 aromatic heterocycles. The first-order chi connectivity index (χ1) is 12.1. The number of hydrogen-bond donors (Lipinski definition) is 1. The summed E-state index contributed by atoms with van der Waals surface area (Å²) in [5.41, 5.74) is 3.12. The highest BCUT2D eigenvalue weighted by molar-refractivity contribution is 6.01. The van der Waals surface area contributed by atoms with Crippen LogP contribution in [0.25, 0.3) is 6.08 Å². The van der Waals surface area contributed by atoms with Crippen molar-refractivity contribution in [2.45, 2.75) is 13.5 Å². The molecule has 0 spiro atoms. The average Bonchev–Trinajstić information content (AvgIpc) is 2.64. The Labute approximate surface area is 148 Å². The van der Waals surface area contributed by atoms with E-state index in [0.29, 0.717) is 13.2 Å². The molecular formula is C21H20N2O2. The molecular weight excluding hydrogens is 312 g/mol. The van der Waals surface area contributed by atoms with Crippen LogP contribution in [0.15, 0.2) is 66.8 Å². The second-order valence-electron chi connectivity index (χ2n) is 5.51. The van der Waals surface area contributed by atoms with Crippen LogP contribution in [-0.4, -0.2) is 12.5 Å². The van der Waals surface area contributed by atoms with Gasteiger partial charge in [-0.25, -0.2) is 0 Å². The molecule has 0 saturated heterocycles. The van der Waals surface area contributed by atoms with Crippen molar-refractivity contribution in [3.63, 3.8) is 0 Å². The quantitative estimate of drug-likeness (QED) is 0.477. The van der Waals surface area contributed by atoms with Crippen LogP contribution < -0.4 is 10.1 Å². The second kappa shape index (κ2) is 9.09. The maximum atomic E-state index is 11.8. The third kappa shape index (κ3) is 5.67. The molecule has 2 aromatic carbocycles. The molecule has 4 nitrogen and oxygen atoms in total. The van der Waals surface area contributed by atoms with E-state index in [2.05, 4.69) is 11.9 Å². The number of rotatable bonds is 7. The lowest BCUT2D eigenvalue weighted by molar-refractivity contribution is -0.116. The monoisotopic (exact) mass is 332 g/mol. The molecule has 1 amide bonds. The highest BCUT2D eigenvalue weighted by atomic mass is 16.5. The van der Waals surface area contributed by atoms with E-state index in [1.165, 1.54) is 5.56 Å². The fraction of sp³-hybridized carbons (Fsp3) is 0.143. The van der Waals surface area contributed by atoms with Crippen LogP contribution in [0.2, 0.25) is 0 Å². The summed E-state index contributed by atoms with van der Waals surface area (Å²) in [6, 6.07) is 17.3. The summed E-state index contributed by atoms with van der Waals surface area (Å²) < 4.78 is 5.74. The number of aryl methyl sites for hydroxylation is 1. The first-order valence-corrected chi connectivity index (χ1v) is 7.91. The summed E-state index contributed by atoms with van der Waals surface area (Å²) in [5.74, 6) is 0.314. The van der Waals surface area contributed by atoms with Gasteiger partial charge in [-0.15, -0.1) is 6.58 Å². The van der Waals surface area contributed by atoms with Gasteiger partial charge < -0.3 is 10.1 Å². The Bertz CT molecular complexity index is 797. The molecule has 2 rings (SSSR count). The smallest absolute Gasteiger partial charge is 0.262 e. The van der Waals surface area contributed by atoms with Crippen molar-refractivity contribution >= 4 is 12.0 Å². The minimum Gasteiger partial charge on any atom is -0.489 e. The van der Waals surface area contributed by atoms with Crippen molar-refractivity contribution in [1.82, 2.24) is 5.32 Å².